The zero-order valence-electron chi connectivity index (χ0n) is 17.6. The maximum Gasteiger partial charge on any atom is -1.00 e. The number of fused-ring (bicyclic) bond motifs is 2. The molecule has 0 radical (unpaired) electrons. The first-order chi connectivity index (χ1) is 14.2. The summed E-state index contributed by atoms with van der Waals surface area (Å²) in [6, 6.07) is 29.6. The number of rotatable bonds is 4. The first-order valence-electron chi connectivity index (χ1n) is 10.6. The Kier molecular flexibility index (Phi) is 6.49. The number of halogens is 1. The first kappa shape index (κ1) is 21.8. The van der Waals surface area contributed by atoms with Gasteiger partial charge in [0.1, 0.15) is 0 Å². The zero-order valence-corrected chi connectivity index (χ0v) is 21.8. The summed E-state index contributed by atoms with van der Waals surface area (Å²) in [5, 5.41) is 0. The molecule has 2 aliphatic rings. The number of benzene rings is 3. The normalized spacial score (nSPS) is 19.1. The molecule has 0 spiro atoms. The van der Waals surface area contributed by atoms with E-state index in [4.69, 9.17) is 0 Å². The van der Waals surface area contributed by atoms with Crippen molar-refractivity contribution < 1.29 is 31.3 Å². The van der Waals surface area contributed by atoms with Crippen LogP contribution in [0.4, 0.5) is 0 Å². The van der Waals surface area contributed by atoms with E-state index >= 15 is 0 Å². The van der Waals surface area contributed by atoms with E-state index in [0.29, 0.717) is 7.25 Å². The van der Waals surface area contributed by atoms with E-state index in [1.165, 1.54) is 15.3 Å². The standard InChI is InChI=1S/2C9H7.C7H7.C2H6Si.ClH.Zr/c2*1-2-5-9-7-3-6-8(9)4-1;1-7-5-3-2-4-6-7;1-3-2;;/h2*1-7H;2-6H,1H2;1-2H3;1H;/q;;;;;+1/p-1. The summed E-state index contributed by atoms with van der Waals surface area (Å²) in [5.41, 5.74) is 7.17. The Balaban J connectivity index is 0.00000218. The first-order valence-corrected chi connectivity index (χ1v) is 21.4. The minimum absolute atomic E-state index is 0. The van der Waals surface area contributed by atoms with Crippen LogP contribution in [-0.2, 0) is 23.0 Å². The second kappa shape index (κ2) is 8.95. The Labute approximate surface area is 191 Å². The Morgan fingerprint density at radius 2 is 1.13 bits per heavy atom. The molecule has 2 unspecified atom stereocenters. The molecule has 3 heteroatoms. The molecule has 0 saturated carbocycles. The molecule has 3 aromatic carbocycles. The average Bonchev–Trinajstić information content (AvgIpc) is 3.38. The van der Waals surface area contributed by atoms with Crippen LogP contribution in [0.5, 0.6) is 0 Å². The SMILES string of the molecule is C[Si](C)=[Zr+]([CH2]c1ccccc1)([CH]1C=Cc2ccccc21)[CH]1C=Cc2ccccc21.[Cl-]. The largest absolute Gasteiger partial charge is 1.00 e. The number of allylic oxidation sites excluding steroid dienone is 2. The van der Waals surface area contributed by atoms with Crippen molar-refractivity contribution >= 4 is 17.6 Å². The average molecular weight is 506 g/mol. The molecule has 0 bridgehead atoms. The van der Waals surface area contributed by atoms with Gasteiger partial charge in [-0.05, 0) is 0 Å². The molecule has 150 valence electrons. The van der Waals surface area contributed by atoms with Gasteiger partial charge in [-0.1, -0.05) is 0 Å². The Hall–Kier alpha value is -1.47. The van der Waals surface area contributed by atoms with Gasteiger partial charge < -0.3 is 12.4 Å². The van der Waals surface area contributed by atoms with Gasteiger partial charge >= 0.3 is 180 Å². The van der Waals surface area contributed by atoms with Gasteiger partial charge in [-0.15, -0.1) is 0 Å². The van der Waals surface area contributed by atoms with Gasteiger partial charge in [0, 0.05) is 0 Å². The second-order valence-corrected chi connectivity index (χ2v) is 32.6. The van der Waals surface area contributed by atoms with Crippen molar-refractivity contribution in [3.63, 3.8) is 0 Å². The van der Waals surface area contributed by atoms with Crippen LogP contribution in [0.15, 0.2) is 91.0 Å². The molecular formula is C27H27ClSiZr. The van der Waals surface area contributed by atoms with Crippen molar-refractivity contribution in [2.45, 2.75) is 24.5 Å². The monoisotopic (exact) mass is 504 g/mol. The molecule has 0 aliphatic heterocycles. The fourth-order valence-corrected chi connectivity index (χ4v) is 33.6. The van der Waals surface area contributed by atoms with E-state index in [9.17, 15) is 0 Å². The third-order valence-electron chi connectivity index (χ3n) is 6.98. The third-order valence-corrected chi connectivity index (χ3v) is 37.7. The van der Waals surface area contributed by atoms with Crippen molar-refractivity contribution in [3.05, 3.63) is 119 Å². The summed E-state index contributed by atoms with van der Waals surface area (Å²) in [4.78, 5) is 0. The predicted octanol–water partition coefficient (Wildman–Crippen LogP) is 4.13. The van der Waals surface area contributed by atoms with Crippen LogP contribution in [0.25, 0.3) is 12.2 Å². The van der Waals surface area contributed by atoms with Crippen LogP contribution in [0.1, 0.15) is 35.1 Å². The molecule has 3 aromatic rings. The van der Waals surface area contributed by atoms with Crippen molar-refractivity contribution in [2.75, 3.05) is 0 Å². The molecule has 0 amide bonds. The number of hydrogen-bond donors (Lipinski definition) is 0. The third kappa shape index (κ3) is 3.58. The van der Waals surface area contributed by atoms with E-state index < -0.39 is 24.3 Å². The van der Waals surface area contributed by atoms with E-state index in [0.717, 1.165) is 0 Å². The van der Waals surface area contributed by atoms with E-state index in [2.05, 4.69) is 116 Å². The quantitative estimate of drug-likeness (QED) is 0.467. The van der Waals surface area contributed by atoms with Crippen molar-refractivity contribution in [1.82, 2.24) is 0 Å². The van der Waals surface area contributed by atoms with Crippen LogP contribution >= 0.6 is 0 Å². The summed E-state index contributed by atoms with van der Waals surface area (Å²) in [7, 11) is 0. The topological polar surface area (TPSA) is 0 Å². The Morgan fingerprint density at radius 1 is 0.667 bits per heavy atom. The Bertz CT molecular complexity index is 1110. The van der Waals surface area contributed by atoms with Crippen LogP contribution < -0.4 is 12.4 Å². The molecular weight excluding hydrogens is 479 g/mol. The van der Waals surface area contributed by atoms with E-state index in [-0.39, 0.29) is 12.4 Å². The van der Waals surface area contributed by atoms with Gasteiger partial charge in [0.15, 0.2) is 0 Å². The molecule has 0 heterocycles. The van der Waals surface area contributed by atoms with Crippen molar-refractivity contribution in [2.24, 2.45) is 0 Å². The van der Waals surface area contributed by atoms with Crippen molar-refractivity contribution in [1.29, 1.82) is 0 Å². The predicted molar refractivity (Wildman–Crippen MR) is 124 cm³/mol. The summed E-state index contributed by atoms with van der Waals surface area (Å²) in [6.45, 7) is 5.24. The fourth-order valence-electron chi connectivity index (χ4n) is 5.54. The molecule has 5 rings (SSSR count). The molecule has 2 atom stereocenters. The molecule has 0 nitrogen and oxygen atoms in total. The van der Waals surface area contributed by atoms with E-state index in [1.54, 1.807) is 16.7 Å². The van der Waals surface area contributed by atoms with Gasteiger partial charge in [-0.25, -0.2) is 0 Å². The van der Waals surface area contributed by atoms with E-state index in [1.807, 2.05) is 0 Å². The van der Waals surface area contributed by atoms with Gasteiger partial charge in [0.2, 0.25) is 0 Å². The maximum atomic E-state index is 2.62. The summed E-state index contributed by atoms with van der Waals surface area (Å²) < 4.78 is 2.64. The van der Waals surface area contributed by atoms with Crippen LogP contribution in [0.2, 0.25) is 13.1 Å². The molecule has 2 aliphatic carbocycles. The van der Waals surface area contributed by atoms with Crippen LogP contribution in [0, 0.1) is 0 Å². The van der Waals surface area contributed by atoms with Gasteiger partial charge in [0.05, 0.1) is 0 Å². The second-order valence-electron chi connectivity index (χ2n) is 8.63. The fraction of sp³-hybridized carbons (Fsp3) is 0.185. The van der Waals surface area contributed by atoms with Crippen molar-refractivity contribution in [3.8, 4) is 0 Å². The Morgan fingerprint density at radius 3 is 1.63 bits per heavy atom. The summed E-state index contributed by atoms with van der Waals surface area (Å²) in [6.07, 6.45) is 10.0. The van der Waals surface area contributed by atoms with Gasteiger partial charge in [0.25, 0.3) is 0 Å². The summed E-state index contributed by atoms with van der Waals surface area (Å²) in [5.74, 6) is 0. The van der Waals surface area contributed by atoms with Gasteiger partial charge in [-0.3, -0.25) is 0 Å². The van der Waals surface area contributed by atoms with Gasteiger partial charge in [-0.2, -0.15) is 0 Å². The molecule has 0 fully saturated rings. The summed E-state index contributed by atoms with van der Waals surface area (Å²) >= 11 is -2.85. The van der Waals surface area contributed by atoms with Crippen LogP contribution in [0.3, 0.4) is 0 Å². The zero-order chi connectivity index (χ0) is 19.8. The maximum absolute atomic E-state index is 2.85. The smallest absolute Gasteiger partial charge is 1.00 e. The van der Waals surface area contributed by atoms with Crippen LogP contribution in [-0.4, -0.2) is 5.43 Å². The molecule has 30 heavy (non-hydrogen) atoms. The molecule has 0 saturated heterocycles. The number of hydrogen-bond acceptors (Lipinski definition) is 0. The molecule has 0 aromatic heterocycles. The minimum Gasteiger partial charge on any atom is -1.00 e. The molecule has 0 N–H and O–H groups in total. The minimum atomic E-state index is -2.85.